The van der Waals surface area contributed by atoms with Gasteiger partial charge in [0.2, 0.25) is 17.7 Å². The summed E-state index contributed by atoms with van der Waals surface area (Å²) in [5, 5.41) is 7.69. The third kappa shape index (κ3) is 20.3. The smallest absolute Gasteiger partial charge is 0.237 e. The summed E-state index contributed by atoms with van der Waals surface area (Å²) in [6, 6.07) is 5.80. The molecule has 0 aliphatic heterocycles. The fraction of sp³-hybridized carbons (Fsp3) is 0.719. The minimum atomic E-state index is -3.39. The summed E-state index contributed by atoms with van der Waals surface area (Å²) in [6.07, 6.45) is 0.141. The average Bonchev–Trinajstić information content (AvgIpc) is 3.04. The van der Waals surface area contributed by atoms with Crippen LogP contribution >= 0.6 is 6.49 Å². The molecule has 2 atom stereocenters. The lowest BCUT2D eigenvalue weighted by Crippen LogP contribution is -2.54. The fourth-order valence-corrected chi connectivity index (χ4v) is 4.88. The van der Waals surface area contributed by atoms with Crippen molar-refractivity contribution in [2.24, 2.45) is 0 Å². The van der Waals surface area contributed by atoms with Gasteiger partial charge in [0.1, 0.15) is 5.75 Å². The van der Waals surface area contributed by atoms with Crippen molar-refractivity contribution in [1.29, 1.82) is 0 Å². The van der Waals surface area contributed by atoms with Gasteiger partial charge < -0.3 is 53.8 Å². The van der Waals surface area contributed by atoms with Crippen LogP contribution in [0.1, 0.15) is 26.3 Å². The van der Waals surface area contributed by atoms with Crippen LogP contribution in [0.4, 0.5) is 0 Å². The first-order chi connectivity index (χ1) is 23.3. The van der Waals surface area contributed by atoms with Gasteiger partial charge >= 0.3 is 0 Å². The molecule has 1 aromatic carbocycles. The third-order valence-electron chi connectivity index (χ3n) is 6.81. The van der Waals surface area contributed by atoms with E-state index in [1.54, 1.807) is 66.4 Å². The molecule has 0 spiro atoms. The molecule has 3 N–H and O–H groups in total. The van der Waals surface area contributed by atoms with E-state index < -0.39 is 23.6 Å². The van der Waals surface area contributed by atoms with Crippen LogP contribution in [0.5, 0.6) is 5.75 Å². The lowest BCUT2D eigenvalue weighted by Gasteiger charge is -2.40. The maximum atomic E-state index is 13.7. The van der Waals surface area contributed by atoms with Gasteiger partial charge in [-0.05, 0) is 24.1 Å². The molecule has 0 aliphatic carbocycles. The lowest BCUT2D eigenvalue weighted by atomic mass is 10.0. The van der Waals surface area contributed by atoms with Crippen LogP contribution in [-0.2, 0) is 61.0 Å². The van der Waals surface area contributed by atoms with E-state index in [0.29, 0.717) is 51.0 Å². The number of carbonyl (C=O) groups is 3. The van der Waals surface area contributed by atoms with E-state index in [-0.39, 0.29) is 70.8 Å². The largest absolute Gasteiger partial charge is 0.791 e. The molecule has 0 saturated heterocycles. The second-order valence-electron chi connectivity index (χ2n) is 11.8. The van der Waals surface area contributed by atoms with Crippen molar-refractivity contribution in [3.63, 3.8) is 0 Å². The van der Waals surface area contributed by atoms with Gasteiger partial charge in [-0.2, -0.15) is 0 Å². The molecule has 0 bridgehead atoms. The van der Waals surface area contributed by atoms with Crippen molar-refractivity contribution in [3.05, 3.63) is 29.8 Å². The maximum absolute atomic E-state index is 13.7. The van der Waals surface area contributed by atoms with Gasteiger partial charge in [0.05, 0.1) is 85.1 Å². The van der Waals surface area contributed by atoms with Crippen LogP contribution in [0.15, 0.2) is 24.3 Å². The third-order valence-corrected chi connectivity index (χ3v) is 10.8. The van der Waals surface area contributed by atoms with Gasteiger partial charge in [-0.3, -0.25) is 19.3 Å². The van der Waals surface area contributed by atoms with Crippen molar-refractivity contribution in [2.75, 3.05) is 114 Å². The minimum Gasteiger partial charge on any atom is -0.791 e. The molecule has 0 heterocycles. The molecule has 1 aromatic rings. The molecule has 0 radical (unpaired) electrons. The molecule has 0 aliphatic rings. The highest BCUT2D eigenvalue weighted by atomic mass is 32.5. The van der Waals surface area contributed by atoms with Crippen LogP contribution in [0.25, 0.3) is 0 Å². The average molecular weight is 736 g/mol. The molecule has 0 aromatic heterocycles. The van der Waals surface area contributed by atoms with Crippen LogP contribution < -0.4 is 25.4 Å². The molecular formula is C32H56N4O11PS-. The van der Waals surface area contributed by atoms with E-state index in [1.165, 1.54) is 4.90 Å². The predicted molar refractivity (Wildman–Crippen MR) is 187 cm³/mol. The number of amides is 3. The van der Waals surface area contributed by atoms with Crippen LogP contribution in [-0.4, -0.2) is 147 Å². The highest BCUT2D eigenvalue weighted by Gasteiger charge is 2.30. The topological polar surface area (TPSA) is 178 Å². The van der Waals surface area contributed by atoms with Crippen LogP contribution in [0.3, 0.4) is 0 Å². The number of nitrogens with one attached hydrogen (secondary N) is 3. The highest BCUT2D eigenvalue weighted by Crippen LogP contribution is 2.51. The zero-order chi connectivity index (χ0) is 36.5. The molecule has 282 valence electrons. The predicted octanol–water partition coefficient (Wildman–Crippen LogP) is 0.0844. The summed E-state index contributed by atoms with van der Waals surface area (Å²) in [6.45, 7) is 5.26. The van der Waals surface area contributed by atoms with Crippen LogP contribution in [0, 0.1) is 0 Å². The molecule has 2 unspecified atom stereocenters. The highest BCUT2D eigenvalue weighted by molar-refractivity contribution is 8.09. The Labute approximate surface area is 296 Å². The van der Waals surface area contributed by atoms with Gasteiger partial charge in [0.25, 0.3) is 0 Å². The number of nitrogens with zero attached hydrogens (tertiary/aromatic N) is 1. The molecule has 49 heavy (non-hydrogen) atoms. The first-order valence-electron chi connectivity index (χ1n) is 16.2. The molecular weight excluding hydrogens is 679 g/mol. The Morgan fingerprint density at radius 1 is 0.735 bits per heavy atom. The summed E-state index contributed by atoms with van der Waals surface area (Å²) in [5.41, 5.74) is 0.711. The van der Waals surface area contributed by atoms with Gasteiger partial charge in [0, 0.05) is 46.1 Å². The molecule has 17 heteroatoms. The molecule has 15 nitrogen and oxygen atoms in total. The fourth-order valence-electron chi connectivity index (χ4n) is 3.95. The van der Waals surface area contributed by atoms with Crippen molar-refractivity contribution < 1.29 is 52.2 Å². The Kier molecular flexibility index (Phi) is 23.5. The van der Waals surface area contributed by atoms with Crippen molar-refractivity contribution >= 4 is 36.0 Å². The zero-order valence-corrected chi connectivity index (χ0v) is 31.5. The van der Waals surface area contributed by atoms with Gasteiger partial charge in [-0.1, -0.05) is 44.7 Å². The number of benzene rings is 1. The van der Waals surface area contributed by atoms with E-state index in [9.17, 15) is 19.3 Å². The molecule has 1 rings (SSSR count). The summed E-state index contributed by atoms with van der Waals surface area (Å²) in [7, 11) is 4.71. The Morgan fingerprint density at radius 2 is 1.16 bits per heavy atom. The number of methoxy groups -OCH3 is 3. The second-order valence-corrected chi connectivity index (χ2v) is 15.8. The van der Waals surface area contributed by atoms with Crippen molar-refractivity contribution in [3.8, 4) is 5.75 Å². The first kappa shape index (κ1) is 44.8. The lowest BCUT2D eigenvalue weighted by molar-refractivity contribution is -0.180. The Balaban J connectivity index is 3.17. The van der Waals surface area contributed by atoms with Crippen LogP contribution in [0.2, 0.25) is 0 Å². The number of hydrogen-bond donors (Lipinski definition) is 3. The SMILES string of the molecule is COCCOCCNC(=O)CN(CC(=O)NCCOCCOC)C(Cc1ccc(OP([O-])(=S)C(C)(C)C)cc1)C(=O)NCCOCCOC. The van der Waals surface area contributed by atoms with Gasteiger partial charge in [-0.25, -0.2) is 0 Å². The second kappa shape index (κ2) is 25.7. The summed E-state index contributed by atoms with van der Waals surface area (Å²) in [5.74, 6) is -0.843. The Bertz CT molecular complexity index is 1100. The Morgan fingerprint density at radius 3 is 1.57 bits per heavy atom. The van der Waals surface area contributed by atoms with Crippen molar-refractivity contribution in [2.45, 2.75) is 38.4 Å². The first-order valence-corrected chi connectivity index (χ1v) is 18.8. The molecule has 3 amide bonds. The number of ether oxygens (including phenoxy) is 6. The van der Waals surface area contributed by atoms with E-state index in [4.69, 9.17) is 44.8 Å². The quantitative estimate of drug-likeness (QED) is 0.0780. The normalized spacial score (nSPS) is 13.5. The molecule has 0 saturated carbocycles. The number of carbonyl (C=O) groups excluding carboxylic acids is 3. The monoisotopic (exact) mass is 735 g/mol. The van der Waals surface area contributed by atoms with Crippen molar-refractivity contribution in [1.82, 2.24) is 20.9 Å². The maximum Gasteiger partial charge on any atom is 0.237 e. The van der Waals surface area contributed by atoms with E-state index in [2.05, 4.69) is 16.0 Å². The number of rotatable bonds is 28. The Hall–Kier alpha value is -2.24. The standard InChI is InChI=1S/C32H57N4O11PS/c1-32(2,3)48(40,49)47-27-9-7-26(8-10-27)23-28(31(39)35-13-16-46-22-19-43-6)36(24-29(37)33-11-14-44-20-17-41-4)25-30(38)34-12-15-45-21-18-42-5/h7-10,28H,11-25H2,1-6H3,(H,33,37)(H,34,38)(H,35,39)(H,40,49)/p-1. The number of hydrogen-bond acceptors (Lipinski definition) is 13. The summed E-state index contributed by atoms with van der Waals surface area (Å²) >= 11 is 5.26. The van der Waals surface area contributed by atoms with Gasteiger partial charge in [0.15, 0.2) is 0 Å². The minimum absolute atomic E-state index is 0.141. The van der Waals surface area contributed by atoms with E-state index in [0.717, 1.165) is 0 Å². The molecule has 0 fully saturated rings. The van der Waals surface area contributed by atoms with E-state index in [1.807, 2.05) is 0 Å². The van der Waals surface area contributed by atoms with Gasteiger partial charge in [-0.15, -0.1) is 0 Å². The summed E-state index contributed by atoms with van der Waals surface area (Å²) < 4.78 is 36.9. The zero-order valence-electron chi connectivity index (χ0n) is 29.8. The summed E-state index contributed by atoms with van der Waals surface area (Å²) in [4.78, 5) is 54.3. The van der Waals surface area contributed by atoms with E-state index >= 15 is 0 Å².